The van der Waals surface area contributed by atoms with Gasteiger partial charge in [0.25, 0.3) is 5.91 Å². The molecule has 2 aromatic rings. The van der Waals surface area contributed by atoms with Crippen molar-refractivity contribution in [1.82, 2.24) is 10.6 Å². The molecule has 0 aliphatic heterocycles. The SMILES string of the molecule is COCCNCCNC(=O)c1cc2ccc(F)cc2s1. The molecule has 1 aromatic carbocycles. The summed E-state index contributed by atoms with van der Waals surface area (Å²) in [5.41, 5.74) is 0. The average molecular weight is 296 g/mol. The van der Waals surface area contributed by atoms with E-state index in [1.54, 1.807) is 19.2 Å². The van der Waals surface area contributed by atoms with Gasteiger partial charge in [-0.25, -0.2) is 4.39 Å². The lowest BCUT2D eigenvalue weighted by molar-refractivity contribution is 0.0958. The summed E-state index contributed by atoms with van der Waals surface area (Å²) in [4.78, 5) is 12.5. The molecule has 4 nitrogen and oxygen atoms in total. The highest BCUT2D eigenvalue weighted by Crippen LogP contribution is 2.26. The Balaban J connectivity index is 1.85. The smallest absolute Gasteiger partial charge is 0.261 e. The van der Waals surface area contributed by atoms with Gasteiger partial charge in [-0.1, -0.05) is 6.07 Å². The first-order valence-electron chi connectivity index (χ1n) is 6.37. The van der Waals surface area contributed by atoms with Gasteiger partial charge in [0, 0.05) is 31.4 Å². The van der Waals surface area contributed by atoms with Gasteiger partial charge in [0.2, 0.25) is 0 Å². The van der Waals surface area contributed by atoms with Crippen LogP contribution in [0.4, 0.5) is 4.39 Å². The van der Waals surface area contributed by atoms with Crippen LogP contribution in [-0.2, 0) is 4.74 Å². The molecule has 0 saturated heterocycles. The number of hydrogen-bond donors (Lipinski definition) is 2. The van der Waals surface area contributed by atoms with E-state index in [0.717, 1.165) is 16.6 Å². The Morgan fingerprint density at radius 3 is 2.95 bits per heavy atom. The summed E-state index contributed by atoms with van der Waals surface area (Å²) in [6.45, 7) is 2.64. The molecule has 0 bridgehead atoms. The van der Waals surface area contributed by atoms with Gasteiger partial charge in [0.15, 0.2) is 0 Å². The predicted octanol–water partition coefficient (Wildman–Crippen LogP) is 2.01. The summed E-state index contributed by atoms with van der Waals surface area (Å²) in [5.74, 6) is -0.409. The van der Waals surface area contributed by atoms with Gasteiger partial charge in [0.05, 0.1) is 11.5 Å². The van der Waals surface area contributed by atoms with Gasteiger partial charge in [-0.15, -0.1) is 11.3 Å². The molecular weight excluding hydrogens is 279 g/mol. The number of amides is 1. The van der Waals surface area contributed by atoms with Crippen LogP contribution in [0.5, 0.6) is 0 Å². The Morgan fingerprint density at radius 2 is 2.15 bits per heavy atom. The molecule has 2 N–H and O–H groups in total. The molecule has 0 atom stereocenters. The molecule has 0 fully saturated rings. The van der Waals surface area contributed by atoms with Crippen LogP contribution in [0.15, 0.2) is 24.3 Å². The molecule has 0 radical (unpaired) electrons. The fraction of sp³-hybridized carbons (Fsp3) is 0.357. The van der Waals surface area contributed by atoms with E-state index >= 15 is 0 Å². The lowest BCUT2D eigenvalue weighted by Gasteiger charge is -2.05. The van der Waals surface area contributed by atoms with Crippen molar-refractivity contribution in [2.45, 2.75) is 0 Å². The first-order chi connectivity index (χ1) is 9.70. The Kier molecular flexibility index (Phi) is 5.46. The molecule has 0 spiro atoms. The van der Waals surface area contributed by atoms with Crippen molar-refractivity contribution < 1.29 is 13.9 Å². The second-order valence-electron chi connectivity index (χ2n) is 4.29. The summed E-state index contributed by atoms with van der Waals surface area (Å²) in [7, 11) is 1.65. The molecule has 1 aromatic heterocycles. The highest BCUT2D eigenvalue weighted by Gasteiger charge is 2.09. The normalized spacial score (nSPS) is 10.9. The number of ether oxygens (including phenoxy) is 1. The number of rotatable bonds is 7. The maximum absolute atomic E-state index is 13.1. The van der Waals surface area contributed by atoms with E-state index in [4.69, 9.17) is 4.74 Å². The standard InChI is InChI=1S/C14H17FN2O2S/c1-19-7-6-16-4-5-17-14(18)13-8-10-2-3-11(15)9-12(10)20-13/h2-3,8-9,16H,4-7H2,1H3,(H,17,18). The quantitative estimate of drug-likeness (QED) is 0.769. The van der Waals surface area contributed by atoms with E-state index in [1.165, 1.54) is 23.5 Å². The van der Waals surface area contributed by atoms with E-state index in [0.29, 0.717) is 24.6 Å². The third kappa shape index (κ3) is 4.00. The molecule has 20 heavy (non-hydrogen) atoms. The van der Waals surface area contributed by atoms with Crippen molar-refractivity contribution in [3.05, 3.63) is 35.0 Å². The number of methoxy groups -OCH3 is 1. The number of thiophene rings is 1. The second-order valence-corrected chi connectivity index (χ2v) is 5.38. The molecule has 0 unspecified atom stereocenters. The number of fused-ring (bicyclic) bond motifs is 1. The zero-order valence-corrected chi connectivity index (χ0v) is 12.1. The van der Waals surface area contributed by atoms with E-state index in [-0.39, 0.29) is 11.7 Å². The minimum atomic E-state index is -0.284. The lowest BCUT2D eigenvalue weighted by Crippen LogP contribution is -2.32. The van der Waals surface area contributed by atoms with Crippen LogP contribution in [0.25, 0.3) is 10.1 Å². The Morgan fingerprint density at radius 1 is 1.30 bits per heavy atom. The van der Waals surface area contributed by atoms with Crippen LogP contribution in [-0.4, -0.2) is 39.3 Å². The van der Waals surface area contributed by atoms with Gasteiger partial charge in [-0.05, 0) is 23.6 Å². The average Bonchev–Trinajstić information content (AvgIpc) is 2.85. The van der Waals surface area contributed by atoms with Gasteiger partial charge in [0.1, 0.15) is 5.82 Å². The van der Waals surface area contributed by atoms with Crippen LogP contribution in [0.2, 0.25) is 0 Å². The van der Waals surface area contributed by atoms with Gasteiger partial charge < -0.3 is 15.4 Å². The monoisotopic (exact) mass is 296 g/mol. The Labute approximate surface area is 120 Å². The topological polar surface area (TPSA) is 50.4 Å². The number of benzene rings is 1. The number of carbonyl (C=O) groups is 1. The maximum atomic E-state index is 13.1. The summed E-state index contributed by atoms with van der Waals surface area (Å²) in [5, 5.41) is 6.86. The fourth-order valence-corrected chi connectivity index (χ4v) is 2.77. The molecule has 6 heteroatoms. The number of halogens is 1. The van der Waals surface area contributed by atoms with Crippen LogP contribution in [0.1, 0.15) is 9.67 Å². The predicted molar refractivity (Wildman–Crippen MR) is 78.9 cm³/mol. The summed E-state index contributed by atoms with van der Waals surface area (Å²) < 4.78 is 18.8. The number of carbonyl (C=O) groups excluding carboxylic acids is 1. The van der Waals surface area contributed by atoms with Crippen molar-refractivity contribution in [1.29, 1.82) is 0 Å². The highest BCUT2D eigenvalue weighted by molar-refractivity contribution is 7.20. The van der Waals surface area contributed by atoms with Crippen LogP contribution in [0.3, 0.4) is 0 Å². The van der Waals surface area contributed by atoms with Gasteiger partial charge in [-0.2, -0.15) is 0 Å². The first-order valence-corrected chi connectivity index (χ1v) is 7.19. The molecule has 108 valence electrons. The fourth-order valence-electron chi connectivity index (χ4n) is 1.77. The van der Waals surface area contributed by atoms with Crippen LogP contribution in [0, 0.1) is 5.82 Å². The third-order valence-electron chi connectivity index (χ3n) is 2.78. The van der Waals surface area contributed by atoms with Gasteiger partial charge in [-0.3, -0.25) is 4.79 Å². The van der Waals surface area contributed by atoms with Crippen molar-refractivity contribution in [3.8, 4) is 0 Å². The third-order valence-corrected chi connectivity index (χ3v) is 3.87. The number of hydrogen-bond acceptors (Lipinski definition) is 4. The zero-order chi connectivity index (χ0) is 14.4. The largest absolute Gasteiger partial charge is 0.383 e. The molecular formula is C14H17FN2O2S. The molecule has 0 aliphatic rings. The van der Waals surface area contributed by atoms with Crippen molar-refractivity contribution in [2.24, 2.45) is 0 Å². The first kappa shape index (κ1) is 14.9. The van der Waals surface area contributed by atoms with Crippen LogP contribution >= 0.6 is 11.3 Å². The second kappa shape index (κ2) is 7.33. The zero-order valence-electron chi connectivity index (χ0n) is 11.2. The van der Waals surface area contributed by atoms with E-state index in [1.807, 2.05) is 0 Å². The van der Waals surface area contributed by atoms with E-state index in [2.05, 4.69) is 10.6 Å². The molecule has 1 heterocycles. The molecule has 1 amide bonds. The Bertz CT molecular complexity index is 586. The minimum Gasteiger partial charge on any atom is -0.383 e. The van der Waals surface area contributed by atoms with Crippen LogP contribution < -0.4 is 10.6 Å². The summed E-state index contributed by atoms with van der Waals surface area (Å²) in [6.07, 6.45) is 0. The minimum absolute atomic E-state index is 0.125. The maximum Gasteiger partial charge on any atom is 0.261 e. The van der Waals surface area contributed by atoms with E-state index < -0.39 is 0 Å². The van der Waals surface area contributed by atoms with E-state index in [9.17, 15) is 9.18 Å². The lowest BCUT2D eigenvalue weighted by atomic mass is 10.2. The summed E-state index contributed by atoms with van der Waals surface area (Å²) >= 11 is 1.30. The van der Waals surface area contributed by atoms with Crippen molar-refractivity contribution >= 4 is 27.3 Å². The highest BCUT2D eigenvalue weighted by atomic mass is 32.1. The molecule has 0 aliphatic carbocycles. The number of nitrogens with one attached hydrogen (secondary N) is 2. The Hall–Kier alpha value is -1.50. The van der Waals surface area contributed by atoms with Crippen molar-refractivity contribution in [3.63, 3.8) is 0 Å². The molecule has 0 saturated carbocycles. The summed E-state index contributed by atoms with van der Waals surface area (Å²) in [6, 6.07) is 6.32. The van der Waals surface area contributed by atoms with Gasteiger partial charge >= 0.3 is 0 Å². The van der Waals surface area contributed by atoms with Crippen molar-refractivity contribution in [2.75, 3.05) is 33.4 Å². The molecule has 2 rings (SSSR count).